The monoisotopic (exact) mass is 321 g/mol. The van der Waals surface area contributed by atoms with Gasteiger partial charge in [-0.1, -0.05) is 0 Å². The zero-order valence-electron chi connectivity index (χ0n) is 9.90. The number of carbonyl (C=O) groups is 1. The third-order valence-electron chi connectivity index (χ3n) is 2.29. The van der Waals surface area contributed by atoms with Gasteiger partial charge in [-0.2, -0.15) is 0 Å². The zero-order chi connectivity index (χ0) is 12.8. The highest BCUT2D eigenvalue weighted by Gasteiger charge is 2.18. The molecular formula is C11H16BrNO3S. The first-order valence-electron chi connectivity index (χ1n) is 5.25. The molecule has 1 N–H and O–H groups in total. The average Bonchev–Trinajstić information content (AvgIpc) is 2.64. The van der Waals surface area contributed by atoms with E-state index >= 15 is 0 Å². The predicted molar refractivity (Wildman–Crippen MR) is 71.6 cm³/mol. The number of aliphatic hydroxyl groups is 1. The van der Waals surface area contributed by atoms with Crippen molar-refractivity contribution in [1.82, 2.24) is 4.90 Å². The smallest absolute Gasteiger partial charge is 0.264 e. The lowest BCUT2D eigenvalue weighted by molar-refractivity contribution is 0.0661. The van der Waals surface area contributed by atoms with Crippen LogP contribution in [0.2, 0.25) is 0 Å². The van der Waals surface area contributed by atoms with Crippen LogP contribution in [0.15, 0.2) is 9.85 Å². The summed E-state index contributed by atoms with van der Waals surface area (Å²) in [5.41, 5.74) is 1.05. The summed E-state index contributed by atoms with van der Waals surface area (Å²) in [4.78, 5) is 14.4. The molecule has 17 heavy (non-hydrogen) atoms. The van der Waals surface area contributed by atoms with Crippen molar-refractivity contribution < 1.29 is 14.6 Å². The van der Waals surface area contributed by atoms with Crippen LogP contribution in [0.4, 0.5) is 0 Å². The fourth-order valence-electron chi connectivity index (χ4n) is 1.36. The molecule has 0 bridgehead atoms. The number of aliphatic hydroxyl groups excluding tert-OH is 1. The lowest BCUT2D eigenvalue weighted by atomic mass is 10.3. The molecule has 6 heteroatoms. The topological polar surface area (TPSA) is 49.8 Å². The minimum absolute atomic E-state index is 0.0407. The molecule has 0 aliphatic carbocycles. The number of thiophene rings is 1. The third-order valence-corrected chi connectivity index (χ3v) is 4.42. The van der Waals surface area contributed by atoms with Gasteiger partial charge in [-0.3, -0.25) is 4.79 Å². The molecule has 0 saturated carbocycles. The second-order valence-electron chi connectivity index (χ2n) is 3.58. The van der Waals surface area contributed by atoms with Crippen molar-refractivity contribution in [3.8, 4) is 0 Å². The molecule has 1 aromatic heterocycles. The Kier molecular flexibility index (Phi) is 6.11. The summed E-state index contributed by atoms with van der Waals surface area (Å²) in [6.45, 7) is 3.20. The van der Waals surface area contributed by atoms with Crippen molar-refractivity contribution in [3.05, 3.63) is 20.3 Å². The standard InChI is InChI=1S/C11H16BrNO3S/c1-8-7-9(17-10(8)12)11(15)13(3-5-14)4-6-16-2/h7,14H,3-6H2,1-2H3. The molecule has 0 unspecified atom stereocenters. The minimum atomic E-state index is -0.0603. The minimum Gasteiger partial charge on any atom is -0.395 e. The van der Waals surface area contributed by atoms with Crippen LogP contribution < -0.4 is 0 Å². The Morgan fingerprint density at radius 3 is 2.76 bits per heavy atom. The number of hydrogen-bond acceptors (Lipinski definition) is 4. The van der Waals surface area contributed by atoms with E-state index in [0.717, 1.165) is 9.35 Å². The summed E-state index contributed by atoms with van der Waals surface area (Å²) in [6.07, 6.45) is 0. The van der Waals surface area contributed by atoms with Gasteiger partial charge in [0.15, 0.2) is 0 Å². The Balaban J connectivity index is 2.76. The molecule has 96 valence electrons. The highest BCUT2D eigenvalue weighted by atomic mass is 79.9. The molecule has 0 radical (unpaired) electrons. The van der Waals surface area contributed by atoms with E-state index in [0.29, 0.717) is 24.6 Å². The maximum absolute atomic E-state index is 12.2. The van der Waals surface area contributed by atoms with Crippen molar-refractivity contribution in [2.24, 2.45) is 0 Å². The van der Waals surface area contributed by atoms with Gasteiger partial charge in [-0.25, -0.2) is 0 Å². The summed E-state index contributed by atoms with van der Waals surface area (Å²) in [5.74, 6) is -0.0603. The van der Waals surface area contributed by atoms with Gasteiger partial charge in [0.25, 0.3) is 5.91 Å². The van der Waals surface area contributed by atoms with Crippen LogP contribution in [0, 0.1) is 6.92 Å². The number of nitrogens with zero attached hydrogens (tertiary/aromatic N) is 1. The van der Waals surface area contributed by atoms with E-state index in [-0.39, 0.29) is 12.5 Å². The normalized spacial score (nSPS) is 10.6. The quantitative estimate of drug-likeness (QED) is 0.870. The van der Waals surface area contributed by atoms with Gasteiger partial charge >= 0.3 is 0 Å². The van der Waals surface area contributed by atoms with Gasteiger partial charge in [0.1, 0.15) is 0 Å². The van der Waals surface area contributed by atoms with E-state index in [1.165, 1.54) is 11.3 Å². The fraction of sp³-hybridized carbons (Fsp3) is 0.545. The number of ether oxygens (including phenoxy) is 1. The maximum atomic E-state index is 12.2. The van der Waals surface area contributed by atoms with Crippen LogP contribution in [-0.2, 0) is 4.74 Å². The third kappa shape index (κ3) is 4.06. The summed E-state index contributed by atoms with van der Waals surface area (Å²) in [6, 6.07) is 1.86. The number of hydrogen-bond donors (Lipinski definition) is 1. The van der Waals surface area contributed by atoms with E-state index in [1.54, 1.807) is 12.0 Å². The molecule has 0 aliphatic rings. The molecule has 0 aliphatic heterocycles. The SMILES string of the molecule is COCCN(CCO)C(=O)c1cc(C)c(Br)s1. The molecule has 1 heterocycles. The van der Waals surface area contributed by atoms with Crippen LogP contribution in [0.3, 0.4) is 0 Å². The summed E-state index contributed by atoms with van der Waals surface area (Å²) in [7, 11) is 1.59. The van der Waals surface area contributed by atoms with Gasteiger partial charge in [0.05, 0.1) is 21.9 Å². The first-order chi connectivity index (χ1) is 8.10. The van der Waals surface area contributed by atoms with Gasteiger partial charge in [0.2, 0.25) is 0 Å². The average molecular weight is 322 g/mol. The van der Waals surface area contributed by atoms with Crippen LogP contribution in [0.25, 0.3) is 0 Å². The van der Waals surface area contributed by atoms with Crippen LogP contribution >= 0.6 is 27.3 Å². The van der Waals surface area contributed by atoms with Gasteiger partial charge < -0.3 is 14.7 Å². The number of rotatable bonds is 6. The summed E-state index contributed by atoms with van der Waals surface area (Å²) in [5, 5.41) is 8.95. The lowest BCUT2D eigenvalue weighted by Gasteiger charge is -2.20. The molecule has 0 saturated heterocycles. The zero-order valence-corrected chi connectivity index (χ0v) is 12.3. The number of methoxy groups -OCH3 is 1. The number of halogens is 1. The maximum Gasteiger partial charge on any atom is 0.264 e. The van der Waals surface area contributed by atoms with Crippen LogP contribution in [0.1, 0.15) is 15.2 Å². The van der Waals surface area contributed by atoms with Crippen molar-refractivity contribution in [2.45, 2.75) is 6.92 Å². The Morgan fingerprint density at radius 2 is 2.29 bits per heavy atom. The molecule has 0 spiro atoms. The first-order valence-corrected chi connectivity index (χ1v) is 6.86. The number of amides is 1. The van der Waals surface area contributed by atoms with Gasteiger partial charge in [0, 0.05) is 20.2 Å². The molecule has 0 atom stereocenters. The summed E-state index contributed by atoms with van der Waals surface area (Å²) >= 11 is 4.81. The fourth-order valence-corrected chi connectivity index (χ4v) is 2.86. The Hall–Kier alpha value is -0.430. The molecule has 1 aromatic rings. The van der Waals surface area contributed by atoms with Crippen LogP contribution in [0.5, 0.6) is 0 Å². The van der Waals surface area contributed by atoms with E-state index in [4.69, 9.17) is 9.84 Å². The van der Waals surface area contributed by atoms with Crippen LogP contribution in [-0.4, -0.2) is 49.3 Å². The Labute approximate surface area is 113 Å². The largest absolute Gasteiger partial charge is 0.395 e. The second kappa shape index (κ2) is 7.10. The van der Waals surface area contributed by atoms with Gasteiger partial charge in [-0.15, -0.1) is 11.3 Å². The molecule has 0 aromatic carbocycles. The van der Waals surface area contributed by atoms with Crippen molar-refractivity contribution >= 4 is 33.2 Å². The van der Waals surface area contributed by atoms with E-state index in [1.807, 2.05) is 13.0 Å². The first kappa shape index (κ1) is 14.6. The van der Waals surface area contributed by atoms with E-state index in [9.17, 15) is 4.79 Å². The molecule has 1 amide bonds. The molecule has 4 nitrogen and oxygen atoms in total. The highest BCUT2D eigenvalue weighted by molar-refractivity contribution is 9.11. The molecule has 1 rings (SSSR count). The Bertz CT molecular complexity index is 361. The van der Waals surface area contributed by atoms with Crippen molar-refractivity contribution in [2.75, 3.05) is 33.4 Å². The highest BCUT2D eigenvalue weighted by Crippen LogP contribution is 2.28. The van der Waals surface area contributed by atoms with Crippen molar-refractivity contribution in [3.63, 3.8) is 0 Å². The second-order valence-corrected chi connectivity index (χ2v) is 5.95. The predicted octanol–water partition coefficient (Wildman–Crippen LogP) is 1.90. The van der Waals surface area contributed by atoms with Crippen molar-refractivity contribution in [1.29, 1.82) is 0 Å². The van der Waals surface area contributed by atoms with E-state index in [2.05, 4.69) is 15.9 Å². The van der Waals surface area contributed by atoms with Gasteiger partial charge in [-0.05, 0) is 34.5 Å². The lowest BCUT2D eigenvalue weighted by Crippen LogP contribution is -2.35. The van der Waals surface area contributed by atoms with E-state index < -0.39 is 0 Å². The number of carbonyl (C=O) groups excluding carboxylic acids is 1. The number of aryl methyl sites for hydroxylation is 1. The molecular weight excluding hydrogens is 306 g/mol. The summed E-state index contributed by atoms with van der Waals surface area (Å²) < 4.78 is 5.92. The molecule has 0 fully saturated rings. The Morgan fingerprint density at radius 1 is 1.59 bits per heavy atom.